The van der Waals surface area contributed by atoms with Crippen LogP contribution in [0.1, 0.15) is 25.7 Å². The number of piperazine rings is 1. The molecule has 2 aliphatic heterocycles. The van der Waals surface area contributed by atoms with Crippen LogP contribution in [0, 0.1) is 12.3 Å². The number of likely N-dealkylation sites (N-methyl/N-ethyl adjacent to an activating group) is 1. The summed E-state index contributed by atoms with van der Waals surface area (Å²) in [5, 5.41) is 11.7. The molecule has 0 saturated carbocycles. The summed E-state index contributed by atoms with van der Waals surface area (Å²) < 4.78 is 0. The first-order valence-corrected chi connectivity index (χ1v) is 9.29. The number of hydrogen-bond donors (Lipinski definition) is 1. The molecule has 1 aromatic rings. The van der Waals surface area contributed by atoms with Crippen molar-refractivity contribution >= 4 is 28.9 Å². The van der Waals surface area contributed by atoms with E-state index < -0.39 is 5.66 Å². The van der Waals surface area contributed by atoms with Gasteiger partial charge in [0.15, 0.2) is 5.66 Å². The predicted molar refractivity (Wildman–Crippen MR) is 105 cm³/mol. The Morgan fingerprint density at radius 3 is 2.65 bits per heavy atom. The first kappa shape index (κ1) is 18.7. The maximum Gasteiger partial charge on any atom is 0.224 e. The summed E-state index contributed by atoms with van der Waals surface area (Å²) in [5.74, 6) is 2.53. The van der Waals surface area contributed by atoms with Gasteiger partial charge in [-0.2, -0.15) is 10.2 Å². The second-order valence-electron chi connectivity index (χ2n) is 6.89. The largest absolute Gasteiger partial charge is 0.368 e. The average molecular weight is 374 g/mol. The standard InChI is InChI=1S/C19H24ClN5O/c1-3-4-8-19(22-23-19)9-7-18(26)21-15-5-6-17(16(20)14-15)25-12-10-24(2)11-13-25/h1,5-6,14H,4,7-13H2,2H3,(H,21,26). The fourth-order valence-corrected chi connectivity index (χ4v) is 3.39. The first-order chi connectivity index (χ1) is 12.5. The summed E-state index contributed by atoms with van der Waals surface area (Å²) >= 11 is 6.44. The number of benzene rings is 1. The Labute approximate surface area is 159 Å². The van der Waals surface area contributed by atoms with Crippen molar-refractivity contribution in [1.29, 1.82) is 0 Å². The van der Waals surface area contributed by atoms with E-state index in [0.29, 0.717) is 36.4 Å². The summed E-state index contributed by atoms with van der Waals surface area (Å²) in [4.78, 5) is 16.8. The number of carbonyl (C=O) groups is 1. The van der Waals surface area contributed by atoms with Gasteiger partial charge in [-0.15, -0.1) is 12.3 Å². The van der Waals surface area contributed by atoms with Crippen molar-refractivity contribution in [2.45, 2.75) is 31.3 Å². The van der Waals surface area contributed by atoms with Crippen LogP contribution in [0.3, 0.4) is 0 Å². The Bertz CT molecular complexity index is 728. The van der Waals surface area contributed by atoms with Gasteiger partial charge in [0.25, 0.3) is 0 Å². The second kappa shape index (κ2) is 8.07. The van der Waals surface area contributed by atoms with Crippen LogP contribution in [-0.4, -0.2) is 49.7 Å². The molecule has 1 amide bonds. The lowest BCUT2D eigenvalue weighted by Crippen LogP contribution is -2.44. The lowest BCUT2D eigenvalue weighted by molar-refractivity contribution is -0.116. The molecule has 1 N–H and O–H groups in total. The lowest BCUT2D eigenvalue weighted by atomic mass is 10.0. The van der Waals surface area contributed by atoms with Crippen molar-refractivity contribution in [2.24, 2.45) is 10.2 Å². The van der Waals surface area contributed by atoms with E-state index in [1.807, 2.05) is 18.2 Å². The van der Waals surface area contributed by atoms with Crippen LogP contribution >= 0.6 is 11.6 Å². The van der Waals surface area contributed by atoms with Gasteiger partial charge in [-0.1, -0.05) is 11.6 Å². The molecule has 2 aliphatic rings. The molecule has 2 heterocycles. The maximum absolute atomic E-state index is 12.2. The Morgan fingerprint density at radius 2 is 2.04 bits per heavy atom. The van der Waals surface area contributed by atoms with Crippen LogP contribution < -0.4 is 10.2 Å². The number of hydrogen-bond acceptors (Lipinski definition) is 5. The molecule has 1 fully saturated rings. The molecule has 0 spiro atoms. The highest BCUT2D eigenvalue weighted by molar-refractivity contribution is 6.33. The number of anilines is 2. The molecule has 0 unspecified atom stereocenters. The number of amides is 1. The van der Waals surface area contributed by atoms with Gasteiger partial charge in [0.05, 0.1) is 10.7 Å². The van der Waals surface area contributed by atoms with E-state index in [1.165, 1.54) is 0 Å². The third-order valence-corrected chi connectivity index (χ3v) is 5.18. The Morgan fingerprint density at radius 1 is 1.31 bits per heavy atom. The molecular formula is C19H24ClN5O. The molecule has 26 heavy (non-hydrogen) atoms. The van der Waals surface area contributed by atoms with Gasteiger partial charge in [0.1, 0.15) is 0 Å². The highest BCUT2D eigenvalue weighted by Crippen LogP contribution is 2.37. The summed E-state index contributed by atoms with van der Waals surface area (Å²) in [6.45, 7) is 3.95. The second-order valence-corrected chi connectivity index (χ2v) is 7.30. The topological polar surface area (TPSA) is 60.3 Å². The minimum atomic E-state index is -0.424. The number of nitrogens with zero attached hydrogens (tertiary/aromatic N) is 4. The number of terminal acetylenes is 1. The average Bonchev–Trinajstić information content (AvgIpc) is 3.40. The fraction of sp³-hybridized carbons (Fsp3) is 0.526. The van der Waals surface area contributed by atoms with Crippen LogP contribution in [0.5, 0.6) is 0 Å². The van der Waals surface area contributed by atoms with Crippen molar-refractivity contribution in [3.63, 3.8) is 0 Å². The summed E-state index contributed by atoms with van der Waals surface area (Å²) in [7, 11) is 2.12. The van der Waals surface area contributed by atoms with Gasteiger partial charge in [-0.25, -0.2) is 0 Å². The third-order valence-electron chi connectivity index (χ3n) is 4.88. The molecule has 0 radical (unpaired) electrons. The normalized spacial score (nSPS) is 18.4. The van der Waals surface area contributed by atoms with E-state index >= 15 is 0 Å². The minimum Gasteiger partial charge on any atom is -0.368 e. The van der Waals surface area contributed by atoms with Gasteiger partial charge in [0.2, 0.25) is 5.91 Å². The van der Waals surface area contributed by atoms with Crippen LogP contribution in [0.25, 0.3) is 0 Å². The summed E-state index contributed by atoms with van der Waals surface area (Å²) in [5.41, 5.74) is 1.30. The lowest BCUT2D eigenvalue weighted by Gasteiger charge is -2.34. The van der Waals surface area contributed by atoms with Crippen LogP contribution in [-0.2, 0) is 4.79 Å². The molecule has 0 aromatic heterocycles. The predicted octanol–water partition coefficient (Wildman–Crippen LogP) is 3.39. The van der Waals surface area contributed by atoms with Crippen LogP contribution in [0.2, 0.25) is 5.02 Å². The molecule has 6 nitrogen and oxygen atoms in total. The van der Waals surface area contributed by atoms with Gasteiger partial charge in [-0.05, 0) is 25.2 Å². The monoisotopic (exact) mass is 373 g/mol. The molecule has 138 valence electrons. The molecule has 1 saturated heterocycles. The third kappa shape index (κ3) is 4.75. The van der Waals surface area contributed by atoms with Gasteiger partial charge < -0.3 is 15.1 Å². The van der Waals surface area contributed by atoms with Gasteiger partial charge in [-0.3, -0.25) is 4.79 Å². The molecule has 3 rings (SSSR count). The smallest absolute Gasteiger partial charge is 0.224 e. The van der Waals surface area contributed by atoms with Gasteiger partial charge >= 0.3 is 0 Å². The number of rotatable bonds is 7. The van der Waals surface area contributed by atoms with E-state index in [4.69, 9.17) is 18.0 Å². The van der Waals surface area contributed by atoms with Gasteiger partial charge in [0, 0.05) is 57.5 Å². The van der Waals surface area contributed by atoms with E-state index in [1.54, 1.807) is 0 Å². The SMILES string of the molecule is C#CCCC1(CCC(=O)Nc2ccc(N3CCN(C)CC3)c(Cl)c2)N=N1. The van der Waals surface area contributed by atoms with E-state index in [9.17, 15) is 4.79 Å². The van der Waals surface area contributed by atoms with Crippen molar-refractivity contribution in [3.05, 3.63) is 23.2 Å². The van der Waals surface area contributed by atoms with Crippen molar-refractivity contribution in [1.82, 2.24) is 4.90 Å². The van der Waals surface area contributed by atoms with Crippen molar-refractivity contribution in [2.75, 3.05) is 43.4 Å². The van der Waals surface area contributed by atoms with E-state index in [2.05, 4.69) is 38.3 Å². The van der Waals surface area contributed by atoms with Crippen LogP contribution in [0.4, 0.5) is 11.4 Å². The summed E-state index contributed by atoms with van der Waals surface area (Å²) in [6.07, 6.45) is 7.56. The minimum absolute atomic E-state index is 0.0641. The maximum atomic E-state index is 12.2. The quantitative estimate of drug-likeness (QED) is 0.745. The number of carbonyl (C=O) groups excluding carboxylic acids is 1. The highest BCUT2D eigenvalue weighted by Gasteiger charge is 2.39. The number of halogens is 1. The van der Waals surface area contributed by atoms with E-state index in [0.717, 1.165) is 31.9 Å². The zero-order valence-electron chi connectivity index (χ0n) is 15.0. The highest BCUT2D eigenvalue weighted by atomic mass is 35.5. The molecular weight excluding hydrogens is 350 g/mol. The fourth-order valence-electron chi connectivity index (χ4n) is 3.09. The Kier molecular flexibility index (Phi) is 5.80. The molecule has 0 atom stereocenters. The van der Waals surface area contributed by atoms with Crippen molar-refractivity contribution in [3.8, 4) is 12.3 Å². The Balaban J connectivity index is 1.51. The molecule has 0 bridgehead atoms. The zero-order chi connectivity index (χ0) is 18.6. The first-order valence-electron chi connectivity index (χ1n) is 8.92. The number of nitrogens with one attached hydrogen (secondary N) is 1. The van der Waals surface area contributed by atoms with Crippen molar-refractivity contribution < 1.29 is 4.79 Å². The molecule has 1 aromatic carbocycles. The molecule has 7 heteroatoms. The zero-order valence-corrected chi connectivity index (χ0v) is 15.8. The van der Waals surface area contributed by atoms with E-state index in [-0.39, 0.29) is 5.91 Å². The van der Waals surface area contributed by atoms with Crippen LogP contribution in [0.15, 0.2) is 28.4 Å². The molecule has 0 aliphatic carbocycles. The Hall–Kier alpha value is -2.10. The summed E-state index contributed by atoms with van der Waals surface area (Å²) in [6, 6.07) is 5.69.